The number of carbonyl (C=O) groups is 4. The predicted octanol–water partition coefficient (Wildman–Crippen LogP) is 11.8. The third-order valence-corrected chi connectivity index (χ3v) is 13.3. The van der Waals surface area contributed by atoms with Crippen molar-refractivity contribution in [2.45, 2.75) is 251 Å². The zero-order valence-electron chi connectivity index (χ0n) is 42.0. The van der Waals surface area contributed by atoms with Crippen molar-refractivity contribution in [1.29, 1.82) is 0 Å². The fourth-order valence-corrected chi connectivity index (χ4v) is 9.07. The number of likely N-dealkylation sites (N-methyl/N-ethyl adjacent to an activating group) is 1. The molecule has 11 heteroatoms. The maximum Gasteiger partial charge on any atom is 0.323 e. The van der Waals surface area contributed by atoms with Crippen molar-refractivity contribution < 1.29 is 38.1 Å². The Bertz CT molecular complexity index is 1160. The Morgan fingerprint density at radius 3 is 1.58 bits per heavy atom. The second-order valence-electron chi connectivity index (χ2n) is 19.3. The van der Waals surface area contributed by atoms with Gasteiger partial charge in [-0.25, -0.2) is 0 Å². The summed E-state index contributed by atoms with van der Waals surface area (Å²) in [6.07, 6.45) is 33.8. The van der Waals surface area contributed by atoms with E-state index in [1.807, 2.05) is 0 Å². The van der Waals surface area contributed by atoms with Crippen molar-refractivity contribution in [3.8, 4) is 0 Å². The Hall–Kier alpha value is -2.24. The van der Waals surface area contributed by atoms with Crippen LogP contribution in [0.2, 0.25) is 0 Å². The Balaban J connectivity index is 1.69. The predicted molar refractivity (Wildman–Crippen MR) is 260 cm³/mol. The average Bonchev–Trinajstić information content (AvgIpc) is 3.69. The van der Waals surface area contributed by atoms with Crippen LogP contribution in [0.4, 0.5) is 0 Å². The molecule has 64 heavy (non-hydrogen) atoms. The Labute approximate surface area is 392 Å². The van der Waals surface area contributed by atoms with Crippen LogP contribution < -0.4 is 0 Å². The molecule has 2 rings (SSSR count). The summed E-state index contributed by atoms with van der Waals surface area (Å²) in [5.74, 6) is -0.627. The Morgan fingerprint density at radius 2 is 0.984 bits per heavy atom. The van der Waals surface area contributed by atoms with Gasteiger partial charge < -0.3 is 28.7 Å². The van der Waals surface area contributed by atoms with Gasteiger partial charge in [-0.3, -0.25) is 24.1 Å². The van der Waals surface area contributed by atoms with Gasteiger partial charge in [-0.15, -0.1) is 0 Å². The smallest absolute Gasteiger partial charge is 0.323 e. The highest BCUT2D eigenvalue weighted by Gasteiger charge is 2.39. The number of hydrogen-bond donors (Lipinski definition) is 0. The topological polar surface area (TPSA) is 115 Å². The van der Waals surface area contributed by atoms with Crippen LogP contribution in [0.5, 0.6) is 0 Å². The van der Waals surface area contributed by atoms with E-state index in [-0.39, 0.29) is 36.1 Å². The zero-order chi connectivity index (χ0) is 46.3. The molecule has 0 saturated carbocycles. The molecule has 2 heterocycles. The van der Waals surface area contributed by atoms with E-state index >= 15 is 0 Å². The second-order valence-corrected chi connectivity index (χ2v) is 19.3. The third kappa shape index (κ3) is 30.9. The van der Waals surface area contributed by atoms with Crippen LogP contribution in [-0.2, 0) is 38.1 Å². The van der Waals surface area contributed by atoms with E-state index < -0.39 is 6.04 Å². The van der Waals surface area contributed by atoms with E-state index in [0.717, 1.165) is 116 Å². The van der Waals surface area contributed by atoms with Crippen molar-refractivity contribution in [3.63, 3.8) is 0 Å². The molecular formula is C53H99N3O8. The maximum absolute atomic E-state index is 13.5. The molecule has 0 aromatic rings. The van der Waals surface area contributed by atoms with E-state index in [2.05, 4.69) is 42.5 Å². The summed E-state index contributed by atoms with van der Waals surface area (Å²) in [5.41, 5.74) is 0. The van der Waals surface area contributed by atoms with E-state index in [1.165, 1.54) is 96.3 Å². The molecule has 0 radical (unpaired) electrons. The number of piperazine rings is 1. The van der Waals surface area contributed by atoms with Crippen LogP contribution in [0.1, 0.15) is 233 Å². The molecule has 0 aromatic carbocycles. The summed E-state index contributed by atoms with van der Waals surface area (Å²) in [6.45, 7) is 13.4. The Kier molecular flexibility index (Phi) is 36.1. The van der Waals surface area contributed by atoms with Crippen LogP contribution in [0, 0.1) is 0 Å². The first kappa shape index (κ1) is 57.9. The second kappa shape index (κ2) is 39.9. The summed E-state index contributed by atoms with van der Waals surface area (Å²) in [7, 11) is 2.12. The maximum atomic E-state index is 13.5. The number of likely N-dealkylation sites (tertiary alicyclic amines) is 1. The van der Waals surface area contributed by atoms with Gasteiger partial charge in [0.25, 0.3) is 0 Å². The third-order valence-electron chi connectivity index (χ3n) is 13.3. The number of hydrogen-bond acceptors (Lipinski definition) is 11. The molecule has 0 bridgehead atoms. The summed E-state index contributed by atoms with van der Waals surface area (Å²) in [4.78, 5) is 58.2. The van der Waals surface area contributed by atoms with E-state index in [0.29, 0.717) is 58.5 Å². The summed E-state index contributed by atoms with van der Waals surface area (Å²) < 4.78 is 23.2. The van der Waals surface area contributed by atoms with Gasteiger partial charge in [-0.2, -0.15) is 0 Å². The first-order chi connectivity index (χ1) is 31.2. The first-order valence-electron chi connectivity index (χ1n) is 27.1. The van der Waals surface area contributed by atoms with Crippen molar-refractivity contribution in [3.05, 3.63) is 0 Å². The molecule has 0 spiro atoms. The van der Waals surface area contributed by atoms with Gasteiger partial charge in [0.05, 0.1) is 19.6 Å². The summed E-state index contributed by atoms with van der Waals surface area (Å²) in [5, 5.41) is 0. The molecule has 374 valence electrons. The minimum Gasteiger partial charge on any atom is -0.466 e. The van der Waals surface area contributed by atoms with E-state index in [1.54, 1.807) is 0 Å². The fourth-order valence-electron chi connectivity index (χ4n) is 9.07. The van der Waals surface area contributed by atoms with Crippen LogP contribution in [0.15, 0.2) is 0 Å². The van der Waals surface area contributed by atoms with Crippen LogP contribution in [-0.4, -0.2) is 123 Å². The lowest BCUT2D eigenvalue weighted by molar-refractivity contribution is -0.151. The monoisotopic (exact) mass is 906 g/mol. The SMILES string of the molecule is CCCCCCCCCCCOC(=O)CCCCCN1C[C@@H](OC(=O)CCN2CCN(C)CC2)C[C@H]1C(=O)OCCCCCCCC(=O)OC(CCCCCC)CCCCCCCC. The van der Waals surface area contributed by atoms with Crippen LogP contribution >= 0.6 is 0 Å². The largest absolute Gasteiger partial charge is 0.466 e. The van der Waals surface area contributed by atoms with Gasteiger partial charge in [0.1, 0.15) is 18.2 Å². The van der Waals surface area contributed by atoms with Gasteiger partial charge >= 0.3 is 23.9 Å². The highest BCUT2D eigenvalue weighted by Crippen LogP contribution is 2.24. The minimum absolute atomic E-state index is 0.0531. The van der Waals surface area contributed by atoms with Crippen LogP contribution in [0.25, 0.3) is 0 Å². The van der Waals surface area contributed by atoms with Crippen molar-refractivity contribution in [1.82, 2.24) is 14.7 Å². The lowest BCUT2D eigenvalue weighted by Crippen LogP contribution is -2.45. The number of ether oxygens (including phenoxy) is 4. The van der Waals surface area contributed by atoms with Gasteiger partial charge in [0.15, 0.2) is 0 Å². The lowest BCUT2D eigenvalue weighted by atomic mass is 10.0. The number of rotatable bonds is 42. The van der Waals surface area contributed by atoms with E-state index in [4.69, 9.17) is 18.9 Å². The molecule has 0 N–H and O–H groups in total. The molecule has 1 unspecified atom stereocenters. The van der Waals surface area contributed by atoms with Crippen LogP contribution in [0.3, 0.4) is 0 Å². The highest BCUT2D eigenvalue weighted by atomic mass is 16.6. The normalized spacial score (nSPS) is 17.7. The molecule has 2 aliphatic rings. The van der Waals surface area contributed by atoms with Gasteiger partial charge in [-0.05, 0) is 71.4 Å². The number of nitrogens with zero attached hydrogens (tertiary/aromatic N) is 3. The first-order valence-corrected chi connectivity index (χ1v) is 27.1. The number of unbranched alkanes of at least 4 members (excludes halogenated alkanes) is 22. The average molecular weight is 906 g/mol. The summed E-state index contributed by atoms with van der Waals surface area (Å²) >= 11 is 0. The standard InChI is InChI=1S/C53H99N3O8/c1-5-8-11-14-16-17-18-22-30-43-61-50(57)34-28-24-29-37-56-46-48(64-52(59)36-38-55-41-39-54(4)40-42-55)45-49(56)53(60)62-44-31-23-19-21-27-35-51(58)63-47(32-25-13-10-7-3)33-26-20-15-12-9-6-2/h47-49H,5-46H2,1-4H3/t47?,48-,49-/m0/s1. The molecule has 2 saturated heterocycles. The van der Waals surface area contributed by atoms with Gasteiger partial charge in [0.2, 0.25) is 0 Å². The molecule has 2 fully saturated rings. The molecule has 0 aromatic heterocycles. The fraction of sp³-hybridized carbons (Fsp3) is 0.925. The molecule has 0 amide bonds. The quantitative estimate of drug-likeness (QED) is 0.0331. The molecule has 0 aliphatic carbocycles. The van der Waals surface area contributed by atoms with Gasteiger partial charge in [-0.1, -0.05) is 149 Å². The molecule has 3 atom stereocenters. The number of esters is 4. The number of carbonyl (C=O) groups excluding carboxylic acids is 4. The minimum atomic E-state index is -0.445. The Morgan fingerprint density at radius 1 is 0.500 bits per heavy atom. The van der Waals surface area contributed by atoms with Gasteiger partial charge in [0, 0.05) is 58.5 Å². The molecular weight excluding hydrogens is 807 g/mol. The lowest BCUT2D eigenvalue weighted by Gasteiger charge is -2.32. The zero-order valence-corrected chi connectivity index (χ0v) is 42.0. The van der Waals surface area contributed by atoms with Crippen molar-refractivity contribution in [2.24, 2.45) is 0 Å². The molecule has 11 nitrogen and oxygen atoms in total. The highest BCUT2D eigenvalue weighted by molar-refractivity contribution is 5.76. The van der Waals surface area contributed by atoms with E-state index in [9.17, 15) is 19.2 Å². The van der Waals surface area contributed by atoms with Crippen molar-refractivity contribution >= 4 is 23.9 Å². The summed E-state index contributed by atoms with van der Waals surface area (Å²) in [6, 6.07) is -0.445. The molecule has 2 aliphatic heterocycles. The van der Waals surface area contributed by atoms with Crippen molar-refractivity contribution in [2.75, 3.05) is 66.1 Å².